The van der Waals surface area contributed by atoms with Crippen molar-refractivity contribution in [3.63, 3.8) is 0 Å². The van der Waals surface area contributed by atoms with Gasteiger partial charge in [0.2, 0.25) is 5.16 Å². The van der Waals surface area contributed by atoms with Gasteiger partial charge in [-0.1, -0.05) is 41.3 Å². The summed E-state index contributed by atoms with van der Waals surface area (Å²) in [6, 6.07) is 9.89. The van der Waals surface area contributed by atoms with Gasteiger partial charge in [-0.05, 0) is 29.5 Å². The van der Waals surface area contributed by atoms with Crippen molar-refractivity contribution in [3.8, 4) is 5.69 Å². The zero-order valence-electron chi connectivity index (χ0n) is 12.1. The quantitative estimate of drug-likeness (QED) is 0.513. The van der Waals surface area contributed by atoms with Crippen LogP contribution in [0, 0.1) is 0 Å². The first-order valence-electron chi connectivity index (χ1n) is 6.79. The lowest BCUT2D eigenvalue weighted by Crippen LogP contribution is -2.01. The molecule has 2 aromatic heterocycles. The number of benzene rings is 1. The molecular weight excluding hydrogens is 298 g/mol. The third-order valence-electron chi connectivity index (χ3n) is 3.03. The topological polar surface area (TPSA) is 74.3 Å². The molecule has 0 aliphatic carbocycles. The van der Waals surface area contributed by atoms with Crippen LogP contribution in [0.1, 0.15) is 17.9 Å². The van der Waals surface area contributed by atoms with Crippen LogP contribution in [-0.4, -0.2) is 35.2 Å². The highest BCUT2D eigenvalue weighted by atomic mass is 32.2. The molecule has 0 radical (unpaired) electrons. The van der Waals surface area contributed by atoms with Crippen LogP contribution in [0.4, 0.5) is 0 Å². The molecule has 8 heteroatoms. The summed E-state index contributed by atoms with van der Waals surface area (Å²) in [6.45, 7) is 6.33. The zero-order valence-corrected chi connectivity index (χ0v) is 12.9. The number of nitrogens with zero attached hydrogens (tertiary/aromatic N) is 7. The molecule has 0 fully saturated rings. The smallest absolute Gasteiger partial charge is 0.210 e. The second-order valence-corrected chi connectivity index (χ2v) is 5.92. The minimum absolute atomic E-state index is 0.0898. The molecule has 0 saturated heterocycles. The standard InChI is InChI=1S/C14H15N7S/c1-3-9-20-14(16-17-19-20)22-11(2)13-10-21(18-15-13)12-7-5-4-6-8-12/h3-8,10-11H,1,9H2,2H3. The van der Waals surface area contributed by atoms with Crippen molar-refractivity contribution in [2.45, 2.75) is 23.9 Å². The Morgan fingerprint density at radius 2 is 2.05 bits per heavy atom. The number of tetrazole rings is 1. The van der Waals surface area contributed by atoms with Gasteiger partial charge in [-0.15, -0.1) is 16.8 Å². The molecule has 1 aromatic carbocycles. The minimum Gasteiger partial charge on any atom is -0.220 e. The van der Waals surface area contributed by atoms with Gasteiger partial charge in [0.25, 0.3) is 0 Å². The van der Waals surface area contributed by atoms with Crippen LogP contribution >= 0.6 is 11.8 Å². The van der Waals surface area contributed by atoms with Gasteiger partial charge in [-0.3, -0.25) is 0 Å². The van der Waals surface area contributed by atoms with Crippen LogP contribution in [-0.2, 0) is 6.54 Å². The maximum Gasteiger partial charge on any atom is 0.210 e. The summed E-state index contributed by atoms with van der Waals surface area (Å²) in [7, 11) is 0. The lowest BCUT2D eigenvalue weighted by atomic mass is 10.3. The van der Waals surface area contributed by atoms with Gasteiger partial charge in [-0.2, -0.15) is 0 Å². The van der Waals surface area contributed by atoms with Gasteiger partial charge in [0.15, 0.2) is 0 Å². The van der Waals surface area contributed by atoms with Crippen molar-refractivity contribution in [2.24, 2.45) is 0 Å². The Balaban J connectivity index is 1.75. The van der Waals surface area contributed by atoms with Crippen molar-refractivity contribution in [3.05, 3.63) is 54.9 Å². The molecule has 3 aromatic rings. The van der Waals surface area contributed by atoms with Crippen LogP contribution < -0.4 is 0 Å². The number of allylic oxidation sites excluding steroid dienone is 1. The summed E-state index contributed by atoms with van der Waals surface area (Å²) in [5.41, 5.74) is 1.86. The fourth-order valence-electron chi connectivity index (χ4n) is 1.91. The SMILES string of the molecule is C=CCn1nnnc1SC(C)c1cn(-c2ccccc2)nn1. The van der Waals surface area contributed by atoms with Gasteiger partial charge in [0, 0.05) is 0 Å². The van der Waals surface area contributed by atoms with E-state index in [0.29, 0.717) is 6.54 Å². The molecule has 0 N–H and O–H groups in total. The van der Waals surface area contributed by atoms with E-state index in [4.69, 9.17) is 0 Å². The zero-order chi connectivity index (χ0) is 15.4. The third-order valence-corrected chi connectivity index (χ3v) is 4.13. The highest BCUT2D eigenvalue weighted by Gasteiger charge is 2.16. The molecule has 0 bridgehead atoms. The fourth-order valence-corrected chi connectivity index (χ4v) is 2.77. The number of hydrogen-bond acceptors (Lipinski definition) is 6. The Hall–Kier alpha value is -2.48. The van der Waals surface area contributed by atoms with Crippen molar-refractivity contribution < 1.29 is 0 Å². The number of thioether (sulfide) groups is 1. The van der Waals surface area contributed by atoms with Crippen LogP contribution in [0.5, 0.6) is 0 Å². The number of hydrogen-bond donors (Lipinski definition) is 0. The molecule has 0 amide bonds. The molecule has 2 heterocycles. The van der Waals surface area contributed by atoms with Gasteiger partial charge in [0.1, 0.15) is 0 Å². The van der Waals surface area contributed by atoms with Crippen molar-refractivity contribution in [1.82, 2.24) is 35.2 Å². The second kappa shape index (κ2) is 6.52. The molecule has 112 valence electrons. The lowest BCUT2D eigenvalue weighted by Gasteiger charge is -2.06. The van der Waals surface area contributed by atoms with Crippen molar-refractivity contribution in [1.29, 1.82) is 0 Å². The Labute approximate surface area is 132 Å². The first-order chi connectivity index (χ1) is 10.8. The summed E-state index contributed by atoms with van der Waals surface area (Å²) >= 11 is 1.54. The average molecular weight is 313 g/mol. The van der Waals surface area contributed by atoms with E-state index in [-0.39, 0.29) is 5.25 Å². The van der Waals surface area contributed by atoms with E-state index in [0.717, 1.165) is 16.5 Å². The maximum absolute atomic E-state index is 4.24. The highest BCUT2D eigenvalue weighted by Crippen LogP contribution is 2.32. The first-order valence-corrected chi connectivity index (χ1v) is 7.67. The molecule has 1 unspecified atom stereocenters. The Bertz CT molecular complexity index is 749. The molecule has 0 saturated carbocycles. The predicted molar refractivity (Wildman–Crippen MR) is 83.6 cm³/mol. The van der Waals surface area contributed by atoms with Crippen LogP contribution in [0.25, 0.3) is 5.69 Å². The Morgan fingerprint density at radius 1 is 1.23 bits per heavy atom. The van der Waals surface area contributed by atoms with E-state index >= 15 is 0 Å². The molecular formula is C14H15N7S. The molecule has 22 heavy (non-hydrogen) atoms. The molecule has 3 rings (SSSR count). The molecule has 0 aliphatic rings. The van der Waals surface area contributed by atoms with E-state index in [9.17, 15) is 0 Å². The molecule has 7 nitrogen and oxygen atoms in total. The third kappa shape index (κ3) is 3.06. The van der Waals surface area contributed by atoms with Gasteiger partial charge < -0.3 is 0 Å². The van der Waals surface area contributed by atoms with E-state index in [1.54, 1.807) is 27.2 Å². The normalized spacial score (nSPS) is 12.2. The van der Waals surface area contributed by atoms with Crippen LogP contribution in [0.3, 0.4) is 0 Å². The molecule has 0 spiro atoms. The summed E-state index contributed by atoms with van der Waals surface area (Å²) in [4.78, 5) is 0. The predicted octanol–water partition coefficient (Wildman–Crippen LogP) is 2.29. The number of rotatable bonds is 6. The second-order valence-electron chi connectivity index (χ2n) is 4.62. The number of aromatic nitrogens is 7. The van der Waals surface area contributed by atoms with E-state index < -0.39 is 0 Å². The Kier molecular flexibility index (Phi) is 4.29. The maximum atomic E-state index is 4.24. The van der Waals surface area contributed by atoms with Gasteiger partial charge >= 0.3 is 0 Å². The van der Waals surface area contributed by atoms with E-state index in [1.165, 1.54) is 0 Å². The van der Waals surface area contributed by atoms with Crippen molar-refractivity contribution >= 4 is 11.8 Å². The van der Waals surface area contributed by atoms with Crippen LogP contribution in [0.2, 0.25) is 0 Å². The van der Waals surface area contributed by atoms with Gasteiger partial charge in [0.05, 0.1) is 29.4 Å². The fraction of sp³-hybridized carbons (Fsp3) is 0.214. The lowest BCUT2D eigenvalue weighted by molar-refractivity contribution is 0.613. The first kappa shape index (κ1) is 14.5. The molecule has 1 atom stereocenters. The average Bonchev–Trinajstić information content (AvgIpc) is 3.19. The summed E-state index contributed by atoms with van der Waals surface area (Å²) in [5, 5.41) is 20.9. The summed E-state index contributed by atoms with van der Waals surface area (Å²) < 4.78 is 3.47. The van der Waals surface area contributed by atoms with E-state index in [1.807, 2.05) is 36.5 Å². The monoisotopic (exact) mass is 313 g/mol. The van der Waals surface area contributed by atoms with E-state index in [2.05, 4.69) is 39.3 Å². The minimum atomic E-state index is 0.0898. The highest BCUT2D eigenvalue weighted by molar-refractivity contribution is 7.99. The molecule has 0 aliphatic heterocycles. The van der Waals surface area contributed by atoms with Crippen LogP contribution in [0.15, 0.2) is 54.3 Å². The van der Waals surface area contributed by atoms with Gasteiger partial charge in [-0.25, -0.2) is 9.36 Å². The largest absolute Gasteiger partial charge is 0.220 e. The van der Waals surface area contributed by atoms with Crippen molar-refractivity contribution in [2.75, 3.05) is 0 Å². The summed E-state index contributed by atoms with van der Waals surface area (Å²) in [5.74, 6) is 0. The Morgan fingerprint density at radius 3 is 2.82 bits per heavy atom. The number of para-hydroxylation sites is 1. The summed E-state index contributed by atoms with van der Waals surface area (Å²) in [6.07, 6.45) is 3.69.